The molecule has 0 radical (unpaired) electrons. The molecule has 0 aromatic carbocycles. The number of aromatic amines is 1. The Bertz CT molecular complexity index is 708. The summed E-state index contributed by atoms with van der Waals surface area (Å²) in [6.45, 7) is 1.42. The van der Waals surface area contributed by atoms with Crippen molar-refractivity contribution in [2.45, 2.75) is 13.0 Å². The Morgan fingerprint density at radius 1 is 1.53 bits per heavy atom. The maximum Gasteiger partial charge on any atom is 0.329 e. The predicted molar refractivity (Wildman–Crippen MR) is 57.9 cm³/mol. The number of nitrogens with one attached hydrogen (secondary N) is 1. The van der Waals surface area contributed by atoms with Crippen molar-refractivity contribution >= 4 is 17.1 Å². The van der Waals surface area contributed by atoms with Crippen LogP contribution in [0.15, 0.2) is 15.9 Å². The molecule has 0 fully saturated rings. The van der Waals surface area contributed by atoms with Gasteiger partial charge in [0.2, 0.25) is 0 Å². The molecule has 0 saturated heterocycles. The van der Waals surface area contributed by atoms with Crippen LogP contribution in [0.4, 0.5) is 0 Å². The first-order chi connectivity index (χ1) is 7.93. The lowest BCUT2D eigenvalue weighted by molar-refractivity contribution is -0.140. The van der Waals surface area contributed by atoms with E-state index in [0.29, 0.717) is 0 Å². The van der Waals surface area contributed by atoms with Gasteiger partial charge in [-0.2, -0.15) is 0 Å². The van der Waals surface area contributed by atoms with Crippen LogP contribution in [0.2, 0.25) is 0 Å². The van der Waals surface area contributed by atoms with Crippen LogP contribution >= 0.6 is 0 Å². The molecule has 0 amide bonds. The van der Waals surface area contributed by atoms with Crippen molar-refractivity contribution in [2.24, 2.45) is 7.05 Å². The molecule has 0 saturated carbocycles. The Morgan fingerprint density at radius 3 is 2.76 bits per heavy atom. The Morgan fingerprint density at radius 2 is 2.18 bits per heavy atom. The van der Waals surface area contributed by atoms with Gasteiger partial charge in [-0.15, -0.1) is 0 Å². The third kappa shape index (κ3) is 1.53. The van der Waals surface area contributed by atoms with E-state index < -0.39 is 23.3 Å². The summed E-state index contributed by atoms with van der Waals surface area (Å²) in [5.74, 6) is -1.09. The van der Waals surface area contributed by atoms with Crippen LogP contribution in [0.25, 0.3) is 11.2 Å². The molecule has 0 aliphatic heterocycles. The van der Waals surface area contributed by atoms with Crippen molar-refractivity contribution in [3.8, 4) is 0 Å². The second kappa shape index (κ2) is 3.58. The van der Waals surface area contributed by atoms with Gasteiger partial charge in [0.25, 0.3) is 5.56 Å². The van der Waals surface area contributed by atoms with E-state index in [0.717, 1.165) is 4.57 Å². The van der Waals surface area contributed by atoms with Gasteiger partial charge in [-0.1, -0.05) is 0 Å². The van der Waals surface area contributed by atoms with Gasteiger partial charge in [0, 0.05) is 7.05 Å². The fraction of sp³-hybridized carbons (Fsp3) is 0.333. The second-order valence-corrected chi connectivity index (χ2v) is 3.66. The minimum atomic E-state index is -1.09. The number of aryl methyl sites for hydroxylation is 1. The minimum Gasteiger partial charge on any atom is -0.480 e. The average Bonchev–Trinajstić information content (AvgIpc) is 2.69. The van der Waals surface area contributed by atoms with E-state index in [-0.39, 0.29) is 11.2 Å². The highest BCUT2D eigenvalue weighted by Gasteiger charge is 2.19. The summed E-state index contributed by atoms with van der Waals surface area (Å²) >= 11 is 0. The number of aliphatic carboxylic acids is 1. The van der Waals surface area contributed by atoms with E-state index in [1.807, 2.05) is 0 Å². The predicted octanol–water partition coefficient (Wildman–Crippen LogP) is -0.931. The molecule has 2 aromatic heterocycles. The van der Waals surface area contributed by atoms with Crippen molar-refractivity contribution in [1.82, 2.24) is 19.1 Å². The molecular formula is C9H10N4O4. The number of rotatable bonds is 2. The summed E-state index contributed by atoms with van der Waals surface area (Å²) in [4.78, 5) is 39.8. The number of carboxylic acids is 1. The normalized spacial score (nSPS) is 12.8. The van der Waals surface area contributed by atoms with Crippen LogP contribution in [0.5, 0.6) is 0 Å². The van der Waals surface area contributed by atoms with Gasteiger partial charge >= 0.3 is 11.7 Å². The number of fused-ring (bicyclic) bond motifs is 1. The highest BCUT2D eigenvalue weighted by atomic mass is 16.4. The molecule has 8 nitrogen and oxygen atoms in total. The summed E-state index contributed by atoms with van der Waals surface area (Å²) in [6, 6.07) is -0.932. The summed E-state index contributed by atoms with van der Waals surface area (Å²) in [6.07, 6.45) is 1.23. The van der Waals surface area contributed by atoms with Crippen molar-refractivity contribution in [3.05, 3.63) is 27.2 Å². The first-order valence-electron chi connectivity index (χ1n) is 4.82. The number of hydrogen-bond acceptors (Lipinski definition) is 4. The number of imidazole rings is 1. The lowest BCUT2D eigenvalue weighted by Crippen LogP contribution is -2.30. The molecule has 2 rings (SSSR count). The summed E-state index contributed by atoms with van der Waals surface area (Å²) < 4.78 is 2.37. The number of carboxylic acid groups (broad SMARTS) is 1. The zero-order valence-corrected chi connectivity index (χ0v) is 9.17. The number of hydrogen-bond donors (Lipinski definition) is 2. The number of nitrogens with zero attached hydrogens (tertiary/aromatic N) is 3. The van der Waals surface area contributed by atoms with E-state index in [4.69, 9.17) is 5.11 Å². The molecule has 1 atom stereocenters. The average molecular weight is 238 g/mol. The molecule has 1 unspecified atom stereocenters. The van der Waals surface area contributed by atoms with Gasteiger partial charge in [0.15, 0.2) is 11.2 Å². The van der Waals surface area contributed by atoms with Crippen molar-refractivity contribution in [1.29, 1.82) is 0 Å². The summed E-state index contributed by atoms with van der Waals surface area (Å²) in [5.41, 5.74) is -1.00. The van der Waals surface area contributed by atoms with Crippen molar-refractivity contribution in [2.75, 3.05) is 0 Å². The van der Waals surface area contributed by atoms with E-state index in [1.165, 1.54) is 24.9 Å². The van der Waals surface area contributed by atoms with Crippen molar-refractivity contribution in [3.63, 3.8) is 0 Å². The van der Waals surface area contributed by atoms with Gasteiger partial charge in [-0.25, -0.2) is 14.6 Å². The standard InChI is InChI=1S/C9H10N4O4/c1-4(8(15)16)13-3-10-6-5(13)7(14)11-9(17)12(6)2/h3-4H,1-2H3,(H,15,16)(H,11,14,17). The minimum absolute atomic E-state index is 0.0713. The smallest absolute Gasteiger partial charge is 0.329 e. The number of carbonyl (C=O) groups is 1. The monoisotopic (exact) mass is 238 g/mol. The Hall–Kier alpha value is -2.38. The van der Waals surface area contributed by atoms with Crippen LogP contribution < -0.4 is 11.2 Å². The molecule has 0 aliphatic rings. The lowest BCUT2D eigenvalue weighted by atomic mass is 10.3. The fourth-order valence-electron chi connectivity index (χ4n) is 1.56. The van der Waals surface area contributed by atoms with E-state index in [9.17, 15) is 14.4 Å². The fourth-order valence-corrected chi connectivity index (χ4v) is 1.56. The molecule has 17 heavy (non-hydrogen) atoms. The number of H-pyrrole nitrogens is 1. The molecule has 0 aliphatic carbocycles. The Kier molecular flexibility index (Phi) is 2.34. The van der Waals surface area contributed by atoms with Crippen LogP contribution in [-0.2, 0) is 11.8 Å². The largest absolute Gasteiger partial charge is 0.480 e. The van der Waals surface area contributed by atoms with Gasteiger partial charge < -0.3 is 9.67 Å². The molecule has 2 N–H and O–H groups in total. The second-order valence-electron chi connectivity index (χ2n) is 3.66. The lowest BCUT2D eigenvalue weighted by Gasteiger charge is -2.08. The maximum atomic E-state index is 11.6. The van der Waals surface area contributed by atoms with Crippen LogP contribution in [-0.4, -0.2) is 30.2 Å². The Balaban J connectivity index is 2.87. The molecule has 2 aromatic rings. The van der Waals surface area contributed by atoms with Gasteiger partial charge in [-0.05, 0) is 6.92 Å². The molecule has 2 heterocycles. The SMILES string of the molecule is CC(C(=O)O)n1cnc2c1c(=O)[nH]c(=O)n2C. The number of aromatic nitrogens is 4. The first kappa shape index (κ1) is 11.1. The zero-order valence-electron chi connectivity index (χ0n) is 9.17. The van der Waals surface area contributed by atoms with E-state index in [1.54, 1.807) is 0 Å². The molecule has 90 valence electrons. The van der Waals surface area contributed by atoms with Crippen molar-refractivity contribution < 1.29 is 9.90 Å². The third-order valence-electron chi connectivity index (χ3n) is 2.61. The van der Waals surface area contributed by atoms with Gasteiger partial charge in [0.1, 0.15) is 6.04 Å². The summed E-state index contributed by atoms with van der Waals surface area (Å²) in [5, 5.41) is 8.90. The highest BCUT2D eigenvalue weighted by molar-refractivity contribution is 5.76. The Labute approximate surface area is 94.1 Å². The molecule has 8 heteroatoms. The molecule has 0 bridgehead atoms. The third-order valence-corrected chi connectivity index (χ3v) is 2.61. The van der Waals surface area contributed by atoms with E-state index >= 15 is 0 Å². The first-order valence-corrected chi connectivity index (χ1v) is 4.82. The van der Waals surface area contributed by atoms with Crippen LogP contribution in [0.3, 0.4) is 0 Å². The zero-order chi connectivity index (χ0) is 12.7. The van der Waals surface area contributed by atoms with Gasteiger partial charge in [0.05, 0.1) is 6.33 Å². The topological polar surface area (TPSA) is 110 Å². The van der Waals surface area contributed by atoms with Crippen LogP contribution in [0.1, 0.15) is 13.0 Å². The molecular weight excluding hydrogens is 228 g/mol. The van der Waals surface area contributed by atoms with E-state index in [2.05, 4.69) is 9.97 Å². The molecule has 0 spiro atoms. The van der Waals surface area contributed by atoms with Gasteiger partial charge in [-0.3, -0.25) is 14.3 Å². The highest BCUT2D eigenvalue weighted by Crippen LogP contribution is 2.12. The summed E-state index contributed by atoms with van der Waals surface area (Å²) in [7, 11) is 1.45. The van der Waals surface area contributed by atoms with Crippen LogP contribution in [0, 0.1) is 0 Å². The quantitative estimate of drug-likeness (QED) is 0.702. The maximum absolute atomic E-state index is 11.6.